The van der Waals surface area contributed by atoms with Crippen LogP contribution in [0.15, 0.2) is 6.07 Å². The van der Waals surface area contributed by atoms with Crippen molar-refractivity contribution in [1.29, 1.82) is 5.26 Å². The lowest BCUT2D eigenvalue weighted by atomic mass is 9.82. The van der Waals surface area contributed by atoms with Crippen LogP contribution in [0.1, 0.15) is 37.8 Å². The molecule has 0 saturated carbocycles. The maximum absolute atomic E-state index is 15.0. The van der Waals surface area contributed by atoms with Crippen LogP contribution >= 0.6 is 0 Å². The number of rotatable bonds is 8. The van der Waals surface area contributed by atoms with Crippen LogP contribution in [0.4, 0.5) is 22.0 Å². The van der Waals surface area contributed by atoms with Crippen molar-refractivity contribution in [2.24, 2.45) is 5.92 Å². The summed E-state index contributed by atoms with van der Waals surface area (Å²) in [6.07, 6.45) is 4.50. The molecule has 5 atom stereocenters. The van der Waals surface area contributed by atoms with E-state index in [1.807, 2.05) is 16.3 Å². The van der Waals surface area contributed by atoms with Gasteiger partial charge in [-0.2, -0.15) is 24.7 Å². The zero-order valence-electron chi connectivity index (χ0n) is 20.7. The summed E-state index contributed by atoms with van der Waals surface area (Å²) in [5, 5.41) is 27.9. The molecular formula is C23H30FN9O3S. The smallest absolute Gasteiger partial charge is 0.257 e. The molecule has 198 valence electrons. The van der Waals surface area contributed by atoms with Gasteiger partial charge >= 0.3 is 0 Å². The Labute approximate surface area is 216 Å². The van der Waals surface area contributed by atoms with Crippen LogP contribution in [0.25, 0.3) is 0 Å². The Morgan fingerprint density at radius 2 is 2.19 bits per heavy atom. The van der Waals surface area contributed by atoms with Gasteiger partial charge < -0.3 is 20.1 Å². The highest BCUT2D eigenvalue weighted by Crippen LogP contribution is 2.56. The van der Waals surface area contributed by atoms with Gasteiger partial charge in [-0.15, -0.1) is 0 Å². The third-order valence-electron chi connectivity index (χ3n) is 8.27. The number of aromatic nitrogens is 4. The molecule has 37 heavy (non-hydrogen) atoms. The predicted octanol–water partition coefficient (Wildman–Crippen LogP) is 1.23. The third kappa shape index (κ3) is 3.87. The fraction of sp³-hybridized carbons (Fsp3) is 0.652. The first-order valence-electron chi connectivity index (χ1n) is 12.5. The summed E-state index contributed by atoms with van der Waals surface area (Å²) in [4.78, 5) is 12.9. The minimum Gasteiger partial charge on any atom is -0.479 e. The van der Waals surface area contributed by atoms with Crippen molar-refractivity contribution in [1.82, 2.24) is 29.4 Å². The van der Waals surface area contributed by atoms with E-state index in [4.69, 9.17) is 10.00 Å². The molecular weight excluding hydrogens is 501 g/mol. The van der Waals surface area contributed by atoms with Crippen LogP contribution in [0.3, 0.4) is 0 Å². The number of halogens is 1. The van der Waals surface area contributed by atoms with E-state index in [0.717, 1.165) is 32.1 Å². The summed E-state index contributed by atoms with van der Waals surface area (Å²) in [6, 6.07) is 4.62. The molecule has 2 aromatic heterocycles. The third-order valence-corrected chi connectivity index (χ3v) is 10.3. The lowest BCUT2D eigenvalue weighted by molar-refractivity contribution is -0.0469. The average molecular weight is 532 g/mol. The molecule has 0 radical (unpaired) electrons. The maximum atomic E-state index is 15.0. The summed E-state index contributed by atoms with van der Waals surface area (Å²) in [5.74, 6) is -0.310. The number of hydrogen-bond donors (Lipinski definition) is 3. The number of nitrogens with zero attached hydrogens (tertiary/aromatic N) is 7. The Morgan fingerprint density at radius 3 is 2.89 bits per heavy atom. The zero-order chi connectivity index (χ0) is 25.9. The van der Waals surface area contributed by atoms with Gasteiger partial charge in [-0.05, 0) is 32.1 Å². The molecule has 0 bridgehead atoms. The number of aliphatic hydroxyl groups is 1. The number of H-pyrrole nitrogens is 1. The summed E-state index contributed by atoms with van der Waals surface area (Å²) in [6.45, 7) is 0.977. The summed E-state index contributed by atoms with van der Waals surface area (Å²) in [7, 11) is 2.17. The van der Waals surface area contributed by atoms with Crippen molar-refractivity contribution in [2.45, 2.75) is 61.7 Å². The van der Waals surface area contributed by atoms with Crippen molar-refractivity contribution >= 4 is 28.6 Å². The monoisotopic (exact) mass is 531 g/mol. The second kappa shape index (κ2) is 9.16. The van der Waals surface area contributed by atoms with E-state index in [-0.39, 0.29) is 35.1 Å². The van der Waals surface area contributed by atoms with E-state index < -0.39 is 16.8 Å². The standard InChI is InChI=1S/C23H30FN9O3S/c1-31(22-27-20(19(24)21(28-22)36-2)26-18-5-14(12-34)29-30-18)16-6-15-3-4-23(8-17(7-16)33(15)23)37(35)32-10-13(9-25)11-32/h5,13,15-17,34H,3-4,6-8,10-12H2,1-2H3,(H2,26,27,28,29,30). The van der Waals surface area contributed by atoms with Gasteiger partial charge in [0, 0.05) is 44.3 Å². The van der Waals surface area contributed by atoms with Crippen molar-refractivity contribution in [2.75, 3.05) is 37.5 Å². The van der Waals surface area contributed by atoms with Gasteiger partial charge in [0.15, 0.2) is 11.6 Å². The molecule has 0 aromatic carbocycles. The molecule has 0 spiro atoms. The van der Waals surface area contributed by atoms with Crippen LogP contribution in [-0.4, -0.2) is 88.9 Å². The molecule has 4 aliphatic heterocycles. The Balaban J connectivity index is 1.18. The molecule has 4 fully saturated rings. The minimum atomic E-state index is -1.10. The number of nitrogens with one attached hydrogen (secondary N) is 2. The van der Waals surface area contributed by atoms with E-state index in [1.165, 1.54) is 7.11 Å². The molecule has 0 aliphatic carbocycles. The van der Waals surface area contributed by atoms with Crippen LogP contribution in [-0.2, 0) is 17.6 Å². The van der Waals surface area contributed by atoms with Gasteiger partial charge in [0.25, 0.3) is 5.88 Å². The summed E-state index contributed by atoms with van der Waals surface area (Å²) < 4.78 is 35.5. The Hall–Kier alpha value is -2.86. The highest BCUT2D eigenvalue weighted by molar-refractivity contribution is 7.84. The van der Waals surface area contributed by atoms with E-state index in [0.29, 0.717) is 42.6 Å². The Bertz CT molecular complexity index is 1260. The number of ether oxygens (including phenoxy) is 1. The highest BCUT2D eigenvalue weighted by Gasteiger charge is 2.65. The second-order valence-corrected chi connectivity index (χ2v) is 12.1. The van der Waals surface area contributed by atoms with Crippen LogP contribution in [0, 0.1) is 23.1 Å². The molecule has 4 saturated heterocycles. The maximum Gasteiger partial charge on any atom is 0.257 e. The van der Waals surface area contributed by atoms with Crippen molar-refractivity contribution < 1.29 is 18.4 Å². The molecule has 6 rings (SSSR count). The van der Waals surface area contributed by atoms with Gasteiger partial charge in [-0.3, -0.25) is 10.00 Å². The van der Waals surface area contributed by atoms with Crippen LogP contribution in [0.2, 0.25) is 0 Å². The Morgan fingerprint density at radius 1 is 1.41 bits per heavy atom. The van der Waals surface area contributed by atoms with E-state index >= 15 is 0 Å². The molecule has 6 heterocycles. The summed E-state index contributed by atoms with van der Waals surface area (Å²) in [5.41, 5.74) is 0.487. The van der Waals surface area contributed by atoms with Gasteiger partial charge in [0.05, 0.1) is 31.4 Å². The lowest BCUT2D eigenvalue weighted by Crippen LogP contribution is -2.73. The van der Waals surface area contributed by atoms with Crippen molar-refractivity contribution in [3.63, 3.8) is 0 Å². The summed E-state index contributed by atoms with van der Waals surface area (Å²) >= 11 is 0. The molecule has 2 aromatic rings. The molecule has 0 amide bonds. The zero-order valence-corrected chi connectivity index (χ0v) is 21.5. The lowest BCUT2D eigenvalue weighted by Gasteiger charge is -2.61. The Kier molecular flexibility index (Phi) is 6.06. The number of nitriles is 1. The minimum absolute atomic E-state index is 0.00959. The van der Waals surface area contributed by atoms with E-state index in [1.54, 1.807) is 6.07 Å². The van der Waals surface area contributed by atoms with Gasteiger partial charge in [-0.25, -0.2) is 8.51 Å². The fourth-order valence-electron chi connectivity index (χ4n) is 6.38. The number of anilines is 3. The first kappa shape index (κ1) is 24.5. The molecule has 5 unspecified atom stereocenters. The number of piperidine rings is 1. The first-order chi connectivity index (χ1) is 17.9. The quantitative estimate of drug-likeness (QED) is 0.455. The molecule has 12 nitrogen and oxygen atoms in total. The topological polar surface area (TPSA) is 147 Å². The number of hydrogen-bond acceptors (Lipinski definition) is 10. The van der Waals surface area contributed by atoms with Gasteiger partial charge in [0.2, 0.25) is 11.8 Å². The number of aliphatic hydroxyl groups excluding tert-OH is 1. The number of methoxy groups -OCH3 is 1. The van der Waals surface area contributed by atoms with Crippen LogP contribution in [0.5, 0.6) is 5.88 Å². The van der Waals surface area contributed by atoms with Gasteiger partial charge in [-0.1, -0.05) is 0 Å². The normalized spacial score (nSPS) is 30.1. The highest BCUT2D eigenvalue weighted by atomic mass is 32.2. The van der Waals surface area contributed by atoms with Crippen molar-refractivity contribution in [3.8, 4) is 11.9 Å². The van der Waals surface area contributed by atoms with Gasteiger partial charge in [0.1, 0.15) is 15.9 Å². The molecule has 3 N–H and O–H groups in total. The van der Waals surface area contributed by atoms with E-state index in [2.05, 4.69) is 36.5 Å². The SMILES string of the molecule is COc1nc(N(C)C2CC3CCC4(S(=O)N5CC(C#N)C5)CC(C2)N34)nc(Nc2cc(CO)[nH]n2)c1F. The largest absolute Gasteiger partial charge is 0.479 e. The molecule has 14 heteroatoms. The van der Waals surface area contributed by atoms with E-state index in [9.17, 15) is 13.7 Å². The predicted molar refractivity (Wildman–Crippen MR) is 133 cm³/mol. The van der Waals surface area contributed by atoms with Crippen LogP contribution < -0.4 is 15.0 Å². The first-order valence-corrected chi connectivity index (χ1v) is 13.6. The second-order valence-electron chi connectivity index (χ2n) is 10.3. The average Bonchev–Trinajstić information content (AvgIpc) is 3.46. The number of aromatic amines is 1. The van der Waals surface area contributed by atoms with Crippen molar-refractivity contribution in [3.05, 3.63) is 17.6 Å². The molecule has 4 aliphatic rings. The fourth-order valence-corrected chi connectivity index (χ4v) is 8.60.